The second-order valence-electron chi connectivity index (χ2n) is 33.0. The first kappa shape index (κ1) is 87.1. The van der Waals surface area contributed by atoms with Gasteiger partial charge in [-0.2, -0.15) is 0 Å². The van der Waals surface area contributed by atoms with Gasteiger partial charge in [-0.3, -0.25) is 34.9 Å². The maximum absolute atomic E-state index is 12.2. The number of aliphatic carboxylic acids is 3. The van der Waals surface area contributed by atoms with Crippen molar-refractivity contribution >= 4 is 99.1 Å². The van der Waals surface area contributed by atoms with E-state index in [2.05, 4.69) is 87.4 Å². The molecular formula is C88H108N20O17. The van der Waals surface area contributed by atoms with Crippen LogP contribution in [0.15, 0.2) is 141 Å². The molecule has 18 unspecified atom stereocenters. The molecule has 9 aliphatic rings. The summed E-state index contributed by atoms with van der Waals surface area (Å²) in [4.78, 5) is 111. The number of nitrogens with one attached hydrogen (secondary N) is 8. The normalized spacial score (nSPS) is 29.0. The maximum Gasteiger partial charge on any atom is 0.320 e. The van der Waals surface area contributed by atoms with Crippen LogP contribution in [0, 0.1) is 47.3 Å². The van der Waals surface area contributed by atoms with Gasteiger partial charge in [0, 0.05) is 50.1 Å². The molecule has 9 aromatic rings. The quantitative estimate of drug-likeness (QED) is 0.0207. The molecular weight excluding hydrogens is 1610 g/mol. The summed E-state index contributed by atoms with van der Waals surface area (Å²) >= 11 is 0. The van der Waals surface area contributed by atoms with Crippen molar-refractivity contribution < 1.29 is 82.0 Å². The third-order valence-electron chi connectivity index (χ3n) is 25.2. The van der Waals surface area contributed by atoms with Gasteiger partial charge in [-0.1, -0.05) is 129 Å². The van der Waals surface area contributed by atoms with Crippen molar-refractivity contribution in [2.75, 3.05) is 75.0 Å². The summed E-state index contributed by atoms with van der Waals surface area (Å²) in [6, 6.07) is 28.4. The second kappa shape index (κ2) is 40.7. The summed E-state index contributed by atoms with van der Waals surface area (Å²) in [6.45, 7) is 10.2. The van der Waals surface area contributed by atoms with Gasteiger partial charge in [0.15, 0.2) is 76.0 Å². The number of fused-ring (bicyclic) bond motifs is 6. The van der Waals surface area contributed by atoms with Crippen molar-refractivity contribution in [3.05, 3.63) is 158 Å². The van der Waals surface area contributed by atoms with E-state index in [0.717, 1.165) is 80.9 Å². The highest BCUT2D eigenvalue weighted by molar-refractivity contribution is 5.97. The molecule has 37 heteroatoms. The van der Waals surface area contributed by atoms with Crippen molar-refractivity contribution in [1.29, 1.82) is 0 Å². The highest BCUT2D eigenvalue weighted by Gasteiger charge is 2.56. The molecule has 10 heterocycles. The summed E-state index contributed by atoms with van der Waals surface area (Å²) in [7, 11) is 0. The number of hydrogen-bond acceptors (Lipinski definition) is 25. The molecule has 6 aromatic heterocycles. The Morgan fingerprint density at radius 1 is 0.416 bits per heavy atom. The van der Waals surface area contributed by atoms with E-state index in [4.69, 9.17) is 37.9 Å². The number of carbonyl (C=O) groups is 6. The Balaban J connectivity index is 0.000000138. The summed E-state index contributed by atoms with van der Waals surface area (Å²) < 4.78 is 57.2. The Kier molecular flexibility index (Phi) is 28.4. The van der Waals surface area contributed by atoms with Crippen LogP contribution < -0.4 is 42.5 Å². The Morgan fingerprint density at radius 2 is 0.816 bits per heavy atom. The Bertz CT molecular complexity index is 5240. The molecule has 21 atom stereocenters. The van der Waals surface area contributed by atoms with Crippen LogP contribution in [0.4, 0.5) is 31.8 Å². The van der Waals surface area contributed by atoms with Crippen molar-refractivity contribution in [3.63, 3.8) is 0 Å². The lowest BCUT2D eigenvalue weighted by Crippen LogP contribution is -2.39. The van der Waals surface area contributed by atoms with Crippen molar-refractivity contribution in [2.24, 2.45) is 47.3 Å². The van der Waals surface area contributed by atoms with Gasteiger partial charge < -0.3 is 88.9 Å². The summed E-state index contributed by atoms with van der Waals surface area (Å²) in [5, 5.41) is 52.1. The van der Waals surface area contributed by atoms with E-state index in [-0.39, 0.29) is 120 Å². The average Bonchev–Trinajstić information content (AvgIpc) is 1.61. The molecule has 6 amide bonds. The smallest absolute Gasteiger partial charge is 0.320 e. The first-order valence-corrected chi connectivity index (χ1v) is 43.5. The molecule has 3 aromatic carbocycles. The predicted octanol–water partition coefficient (Wildman–Crippen LogP) is 10.1. The molecule has 125 heavy (non-hydrogen) atoms. The van der Waals surface area contributed by atoms with Gasteiger partial charge in [0.05, 0.1) is 74.2 Å². The second-order valence-corrected chi connectivity index (χ2v) is 33.0. The van der Waals surface area contributed by atoms with Gasteiger partial charge in [0.25, 0.3) is 0 Å². The van der Waals surface area contributed by atoms with Crippen LogP contribution >= 0.6 is 0 Å². The highest BCUT2D eigenvalue weighted by Crippen LogP contribution is 2.49. The van der Waals surface area contributed by atoms with Crippen LogP contribution in [-0.4, -0.2) is 224 Å². The molecule has 4 aliphatic heterocycles. The number of carbonyl (C=O) groups excluding carboxylic acids is 3. The average molecular weight is 1720 g/mol. The largest absolute Gasteiger partial charge is 0.481 e. The molecule has 0 radical (unpaired) electrons. The number of benzene rings is 3. The first-order chi connectivity index (χ1) is 61.1. The highest BCUT2D eigenvalue weighted by atomic mass is 16.8. The lowest BCUT2D eigenvalue weighted by Gasteiger charge is -2.29. The topological polar surface area (TPSA) is 464 Å². The Morgan fingerprint density at radius 3 is 1.31 bits per heavy atom. The minimum Gasteiger partial charge on any atom is -0.481 e. The molecule has 9 fully saturated rings. The minimum absolute atomic E-state index is 0.0178. The molecule has 18 rings (SSSR count). The number of anilines is 3. The zero-order chi connectivity index (χ0) is 86.5. The summed E-state index contributed by atoms with van der Waals surface area (Å²) in [5.41, 5.74) is 6.11. The Hall–Kier alpha value is -11.4. The van der Waals surface area contributed by atoms with Gasteiger partial charge in [-0.05, 0) is 126 Å². The first-order valence-electron chi connectivity index (χ1n) is 43.5. The minimum atomic E-state index is -0.732. The van der Waals surface area contributed by atoms with Gasteiger partial charge in [-0.15, -0.1) is 0 Å². The number of urea groups is 3. The molecule has 11 N–H and O–H groups in total. The number of imidazole rings is 3. The van der Waals surface area contributed by atoms with Gasteiger partial charge in [0.2, 0.25) is 0 Å². The van der Waals surface area contributed by atoms with Crippen LogP contribution in [0.2, 0.25) is 0 Å². The number of ether oxygens (including phenoxy) is 8. The fourth-order valence-corrected chi connectivity index (χ4v) is 19.2. The standard InChI is InChI=1S/C31H38N6O6.C30H37N7O5.C27H33N7O6/c1-2-32-31(40)36-28-25-29(34-17-33-28)37(18-35-25)23-14-21(16-41-15-20-10-6-7-11-22(20)30(38)39)26-27(23)43-24(42-26)13-12-19-8-4-3-5-9-19;1-2-32-30(40)36-27-24-28(34-16-33-27)37(17-35-24)22-13-20(15-31-14-19-9-6-10-21(19)29(38)39)25-26(22)42-23(41-25)12-11-18-7-4-3-5-8-18;1-2-29-27(37)33-22-19-23(31-13-30-22)34(14-32-19)24-21-20(39-26(40-21)15-7-4-3-5-8-15)18(38-24)12-28-11-16-9-6-10-17(16)25(35)36/h3-5,8-9,12-13,17-18,20-24,26-27H,2,6-7,10-11,14-16H2,1H3,(H,38,39)(H2,32,33,34,36,40);3-5,7-8,11-12,16-17,19-23,25-26,31H,2,6,9-10,13-15H2,1H3,(H,38,39)(H2,32,33,34,36,40);3-5,7-8,13-14,16-18,20-21,24,26,28H,2,6,9-12H2,1H3,(H,35,36)(H2,29,30,31,33,37)/b13-12+;12-11+;/t20?,21?,22?,23?,24-,26?,27?;19?,20?,21?,22?,23-,25?,26?;16?,17?,18?,20?,21?,24?,26-/m000/s1. The number of carboxylic acid groups (broad SMARTS) is 3. The Labute approximate surface area is 720 Å². The van der Waals surface area contributed by atoms with E-state index in [1.807, 2.05) is 145 Å². The molecule has 0 bridgehead atoms. The lowest BCUT2D eigenvalue weighted by molar-refractivity contribution is -0.147. The van der Waals surface area contributed by atoms with Crippen LogP contribution in [0.1, 0.15) is 139 Å². The van der Waals surface area contributed by atoms with Gasteiger partial charge in [0.1, 0.15) is 49.5 Å². The van der Waals surface area contributed by atoms with Gasteiger partial charge in [-0.25, -0.2) is 59.2 Å². The number of nitrogens with zero attached hydrogens (tertiary/aromatic N) is 12. The predicted molar refractivity (Wildman–Crippen MR) is 456 cm³/mol. The third kappa shape index (κ3) is 20.1. The van der Waals surface area contributed by atoms with E-state index in [9.17, 15) is 44.1 Å². The SMILES string of the molecule is CCNC(=O)Nc1ncnc2c1ncn2C1CC(CNCC2CCCC2C(=O)O)C2O[C@H](/C=C/c3ccccc3)OC21.CCNC(=O)Nc1ncnc2c1ncn2C1CC(COCC2CCCCC2C(=O)O)C2O[C@H](/C=C/c3ccccc3)OC21.CCNC(=O)Nc1ncnc2c1ncn2C1OC(CNCC2CCCC2C(=O)O)C2O[C@H](c3ccccc3)OC21. The van der Waals surface area contributed by atoms with E-state index in [0.29, 0.717) is 117 Å². The monoisotopic (exact) mass is 1720 g/mol. The number of aromatic nitrogens is 12. The zero-order valence-electron chi connectivity index (χ0n) is 69.8. The molecule has 5 saturated carbocycles. The molecule has 662 valence electrons. The summed E-state index contributed by atoms with van der Waals surface area (Å²) in [5.74, 6) is -1.74. The van der Waals surface area contributed by atoms with Crippen molar-refractivity contribution in [1.82, 2.24) is 85.1 Å². The van der Waals surface area contributed by atoms with Crippen LogP contribution in [-0.2, 0) is 52.3 Å². The zero-order valence-corrected chi connectivity index (χ0v) is 69.8. The summed E-state index contributed by atoms with van der Waals surface area (Å²) in [6.07, 6.45) is 23.0. The molecule has 37 nitrogen and oxygen atoms in total. The molecule has 5 aliphatic carbocycles. The number of hydrogen-bond donors (Lipinski definition) is 11. The van der Waals surface area contributed by atoms with Crippen molar-refractivity contribution in [3.8, 4) is 0 Å². The maximum atomic E-state index is 12.2. The van der Waals surface area contributed by atoms with Crippen molar-refractivity contribution in [2.45, 2.75) is 178 Å². The van der Waals surface area contributed by atoms with Crippen LogP contribution in [0.3, 0.4) is 0 Å². The van der Waals surface area contributed by atoms with Crippen LogP contribution in [0.5, 0.6) is 0 Å². The molecule has 0 spiro atoms. The number of carboxylic acids is 3. The number of rotatable bonds is 29. The van der Waals surface area contributed by atoms with Gasteiger partial charge >= 0.3 is 36.0 Å². The van der Waals surface area contributed by atoms with E-state index < -0.39 is 49.1 Å². The lowest BCUT2D eigenvalue weighted by atomic mass is 9.80. The van der Waals surface area contributed by atoms with E-state index >= 15 is 0 Å². The fourth-order valence-electron chi connectivity index (χ4n) is 19.2. The van der Waals surface area contributed by atoms with E-state index in [1.54, 1.807) is 23.5 Å². The van der Waals surface area contributed by atoms with E-state index in [1.165, 1.54) is 19.0 Å². The molecule has 4 saturated heterocycles. The van der Waals surface area contributed by atoms with Crippen LogP contribution in [0.25, 0.3) is 45.6 Å². The number of amides is 6. The fraction of sp³-hybridized carbons (Fsp3) is 0.511. The third-order valence-corrected chi connectivity index (χ3v) is 25.2.